The maximum Gasteiger partial charge on any atom is 0.269 e. The van der Waals surface area contributed by atoms with Gasteiger partial charge in [0.2, 0.25) is 5.91 Å². The molecule has 0 bridgehead atoms. The molecule has 0 aliphatic carbocycles. The number of para-hydroxylation sites is 3. The summed E-state index contributed by atoms with van der Waals surface area (Å²) in [7, 11) is 0. The number of amides is 1. The summed E-state index contributed by atoms with van der Waals surface area (Å²) in [4.78, 5) is 27.5. The Labute approximate surface area is 171 Å². The zero-order valence-electron chi connectivity index (χ0n) is 15.9. The summed E-state index contributed by atoms with van der Waals surface area (Å²) in [5.41, 5.74) is 2.04. The SMILES string of the molecule is O=C(Cn1c(COc2ccccc2)nc2ccccc21)Nc1ccc([N+](=O)[O-])cc1. The summed E-state index contributed by atoms with van der Waals surface area (Å²) in [5, 5.41) is 13.5. The fraction of sp³-hybridized carbons (Fsp3) is 0.0909. The second-order valence-electron chi connectivity index (χ2n) is 6.56. The summed E-state index contributed by atoms with van der Waals surface area (Å²) in [5.74, 6) is 1.07. The van der Waals surface area contributed by atoms with Crippen LogP contribution in [0.15, 0.2) is 78.9 Å². The van der Waals surface area contributed by atoms with E-state index in [0.29, 0.717) is 17.3 Å². The Morgan fingerprint density at radius 1 is 1.00 bits per heavy atom. The standard InChI is InChI=1S/C22H18N4O4/c27-22(23-16-10-12-17(13-11-16)26(28)29)14-25-20-9-5-4-8-19(20)24-21(25)15-30-18-6-2-1-3-7-18/h1-13H,14-15H2,(H,23,27). The van der Waals surface area contributed by atoms with Crippen molar-refractivity contribution >= 4 is 28.3 Å². The molecule has 0 saturated carbocycles. The zero-order valence-corrected chi connectivity index (χ0v) is 15.9. The molecular formula is C22H18N4O4. The van der Waals surface area contributed by atoms with Gasteiger partial charge < -0.3 is 14.6 Å². The summed E-state index contributed by atoms with van der Waals surface area (Å²) in [6, 6.07) is 22.6. The molecule has 0 aliphatic heterocycles. The van der Waals surface area contributed by atoms with Crippen molar-refractivity contribution in [2.45, 2.75) is 13.2 Å². The first kappa shape index (κ1) is 19.1. The molecule has 8 heteroatoms. The predicted octanol–water partition coefficient (Wildman–Crippen LogP) is 4.16. The molecule has 4 aromatic rings. The number of rotatable bonds is 7. The lowest BCUT2D eigenvalue weighted by atomic mass is 10.3. The number of imidazole rings is 1. The molecule has 0 aliphatic rings. The highest BCUT2D eigenvalue weighted by Gasteiger charge is 2.15. The molecule has 150 valence electrons. The number of fused-ring (bicyclic) bond motifs is 1. The van der Waals surface area contributed by atoms with Crippen molar-refractivity contribution in [3.05, 3.63) is 94.8 Å². The second kappa shape index (κ2) is 8.44. The lowest BCUT2D eigenvalue weighted by Crippen LogP contribution is -2.20. The lowest BCUT2D eigenvalue weighted by Gasteiger charge is -2.11. The number of nitrogens with one attached hydrogen (secondary N) is 1. The Morgan fingerprint density at radius 3 is 2.43 bits per heavy atom. The smallest absolute Gasteiger partial charge is 0.269 e. The van der Waals surface area contributed by atoms with Crippen LogP contribution in [0.4, 0.5) is 11.4 Å². The van der Waals surface area contributed by atoms with Gasteiger partial charge in [0.15, 0.2) is 0 Å². The Kier molecular flexibility index (Phi) is 5.38. The molecule has 0 fully saturated rings. The van der Waals surface area contributed by atoms with Gasteiger partial charge in [-0.3, -0.25) is 14.9 Å². The number of hydrogen-bond acceptors (Lipinski definition) is 5. The van der Waals surface area contributed by atoms with E-state index in [2.05, 4.69) is 10.3 Å². The number of anilines is 1. The van der Waals surface area contributed by atoms with Crippen LogP contribution >= 0.6 is 0 Å². The molecule has 30 heavy (non-hydrogen) atoms. The highest BCUT2D eigenvalue weighted by atomic mass is 16.6. The average Bonchev–Trinajstić information content (AvgIpc) is 3.10. The number of nitrogens with zero attached hydrogens (tertiary/aromatic N) is 3. The summed E-state index contributed by atoms with van der Waals surface area (Å²) in [6.07, 6.45) is 0. The highest BCUT2D eigenvalue weighted by molar-refractivity contribution is 5.91. The van der Waals surface area contributed by atoms with Crippen LogP contribution in [0.25, 0.3) is 11.0 Å². The largest absolute Gasteiger partial charge is 0.486 e. The van der Waals surface area contributed by atoms with E-state index in [1.807, 2.05) is 54.6 Å². The highest BCUT2D eigenvalue weighted by Crippen LogP contribution is 2.19. The minimum atomic E-state index is -0.484. The Hall–Kier alpha value is -4.20. The molecular weight excluding hydrogens is 384 g/mol. The summed E-state index contributed by atoms with van der Waals surface area (Å²) >= 11 is 0. The van der Waals surface area contributed by atoms with E-state index in [1.54, 1.807) is 4.57 Å². The van der Waals surface area contributed by atoms with Gasteiger partial charge in [-0.15, -0.1) is 0 Å². The third kappa shape index (κ3) is 4.27. The van der Waals surface area contributed by atoms with Gasteiger partial charge in [0, 0.05) is 17.8 Å². The summed E-state index contributed by atoms with van der Waals surface area (Å²) < 4.78 is 7.62. The van der Waals surface area contributed by atoms with Crippen molar-refractivity contribution < 1.29 is 14.5 Å². The third-order valence-electron chi connectivity index (χ3n) is 4.51. The Balaban J connectivity index is 1.53. The number of benzene rings is 3. The van der Waals surface area contributed by atoms with E-state index < -0.39 is 4.92 Å². The van der Waals surface area contributed by atoms with Gasteiger partial charge in [-0.2, -0.15) is 0 Å². The van der Waals surface area contributed by atoms with Gasteiger partial charge in [-0.1, -0.05) is 30.3 Å². The second-order valence-corrected chi connectivity index (χ2v) is 6.56. The number of hydrogen-bond donors (Lipinski definition) is 1. The number of non-ortho nitro benzene ring substituents is 1. The Bertz CT molecular complexity index is 1190. The predicted molar refractivity (Wildman–Crippen MR) is 112 cm³/mol. The molecule has 1 amide bonds. The van der Waals surface area contributed by atoms with Gasteiger partial charge in [0.25, 0.3) is 5.69 Å². The number of aromatic nitrogens is 2. The Morgan fingerprint density at radius 2 is 1.70 bits per heavy atom. The average molecular weight is 402 g/mol. The number of ether oxygens (including phenoxy) is 1. The quantitative estimate of drug-likeness (QED) is 0.370. The summed E-state index contributed by atoms with van der Waals surface area (Å²) in [6.45, 7) is 0.245. The van der Waals surface area contributed by atoms with E-state index in [-0.39, 0.29) is 24.7 Å². The maximum atomic E-state index is 12.6. The molecule has 0 spiro atoms. The zero-order chi connectivity index (χ0) is 20.9. The molecule has 1 aromatic heterocycles. The molecule has 0 atom stereocenters. The molecule has 0 radical (unpaired) electrons. The minimum absolute atomic E-state index is 0.0327. The van der Waals surface area contributed by atoms with Gasteiger partial charge in [0.05, 0.1) is 16.0 Å². The first-order valence-electron chi connectivity index (χ1n) is 9.26. The molecule has 1 N–H and O–H groups in total. The van der Waals surface area contributed by atoms with Gasteiger partial charge >= 0.3 is 0 Å². The van der Waals surface area contributed by atoms with Crippen LogP contribution in [-0.4, -0.2) is 20.4 Å². The molecule has 0 saturated heterocycles. The van der Waals surface area contributed by atoms with E-state index in [4.69, 9.17) is 4.74 Å². The van der Waals surface area contributed by atoms with E-state index in [9.17, 15) is 14.9 Å². The van der Waals surface area contributed by atoms with Gasteiger partial charge in [0.1, 0.15) is 24.7 Å². The monoisotopic (exact) mass is 402 g/mol. The molecule has 8 nitrogen and oxygen atoms in total. The van der Waals surface area contributed by atoms with Crippen LogP contribution in [0.1, 0.15) is 5.82 Å². The fourth-order valence-electron chi connectivity index (χ4n) is 3.09. The first-order chi connectivity index (χ1) is 14.6. The molecule has 4 rings (SSSR count). The van der Waals surface area contributed by atoms with Crippen molar-refractivity contribution in [2.75, 3.05) is 5.32 Å². The van der Waals surface area contributed by atoms with Crippen LogP contribution in [0.5, 0.6) is 5.75 Å². The van der Waals surface area contributed by atoms with E-state index >= 15 is 0 Å². The molecule has 1 heterocycles. The fourth-order valence-corrected chi connectivity index (χ4v) is 3.09. The van der Waals surface area contributed by atoms with Crippen LogP contribution in [0.2, 0.25) is 0 Å². The topological polar surface area (TPSA) is 99.3 Å². The lowest BCUT2D eigenvalue weighted by molar-refractivity contribution is -0.384. The number of carbonyl (C=O) groups is 1. The van der Waals surface area contributed by atoms with Crippen molar-refractivity contribution in [3.8, 4) is 5.75 Å². The van der Waals surface area contributed by atoms with Crippen LogP contribution in [0, 0.1) is 10.1 Å². The van der Waals surface area contributed by atoms with Crippen molar-refractivity contribution in [3.63, 3.8) is 0 Å². The van der Waals surface area contributed by atoms with E-state index in [0.717, 1.165) is 11.0 Å². The number of nitro groups is 1. The van der Waals surface area contributed by atoms with Crippen molar-refractivity contribution in [1.82, 2.24) is 9.55 Å². The number of nitro benzene ring substituents is 1. The van der Waals surface area contributed by atoms with E-state index in [1.165, 1.54) is 24.3 Å². The number of carbonyl (C=O) groups excluding carboxylic acids is 1. The minimum Gasteiger partial charge on any atom is -0.486 e. The maximum absolute atomic E-state index is 12.6. The van der Waals surface area contributed by atoms with Gasteiger partial charge in [-0.25, -0.2) is 4.98 Å². The van der Waals surface area contributed by atoms with Crippen LogP contribution < -0.4 is 10.1 Å². The van der Waals surface area contributed by atoms with Crippen LogP contribution in [0.3, 0.4) is 0 Å². The first-order valence-corrected chi connectivity index (χ1v) is 9.26. The molecule has 3 aromatic carbocycles. The van der Waals surface area contributed by atoms with Crippen molar-refractivity contribution in [1.29, 1.82) is 0 Å². The molecule has 0 unspecified atom stereocenters. The normalized spacial score (nSPS) is 10.7. The third-order valence-corrected chi connectivity index (χ3v) is 4.51. The van der Waals surface area contributed by atoms with Crippen LogP contribution in [-0.2, 0) is 17.9 Å². The van der Waals surface area contributed by atoms with Gasteiger partial charge in [-0.05, 0) is 36.4 Å². The van der Waals surface area contributed by atoms with Crippen molar-refractivity contribution in [2.24, 2.45) is 0 Å².